The molecule has 4 nitrogen and oxygen atoms in total. The molecule has 0 radical (unpaired) electrons. The summed E-state index contributed by atoms with van der Waals surface area (Å²) in [6.07, 6.45) is 3.53. The van der Waals surface area contributed by atoms with Crippen molar-refractivity contribution in [2.24, 2.45) is 0 Å². The van der Waals surface area contributed by atoms with Gasteiger partial charge in [0.05, 0.1) is 0 Å². The Hall–Kier alpha value is -1.55. The van der Waals surface area contributed by atoms with E-state index in [9.17, 15) is 4.79 Å². The van der Waals surface area contributed by atoms with Gasteiger partial charge in [-0.3, -0.25) is 4.79 Å². The molecular weight excluding hydrogens is 250 g/mol. The van der Waals surface area contributed by atoms with E-state index in [1.165, 1.54) is 13.0 Å². The first-order valence-electron chi connectivity index (χ1n) is 7.49. The van der Waals surface area contributed by atoms with E-state index in [4.69, 9.17) is 5.73 Å². The molecule has 0 saturated carbocycles. The second kappa shape index (κ2) is 6.75. The molecule has 110 valence electrons. The van der Waals surface area contributed by atoms with Gasteiger partial charge in [-0.15, -0.1) is 0 Å². The number of nitrogens with two attached hydrogens (primary N) is 1. The summed E-state index contributed by atoms with van der Waals surface area (Å²) >= 11 is 0. The molecule has 0 bridgehead atoms. The zero-order chi connectivity index (χ0) is 14.5. The lowest BCUT2D eigenvalue weighted by atomic mass is 10.0. The molecule has 0 aliphatic carbocycles. The summed E-state index contributed by atoms with van der Waals surface area (Å²) in [5.41, 5.74) is 7.98. The third-order valence-electron chi connectivity index (χ3n) is 3.93. The highest BCUT2D eigenvalue weighted by atomic mass is 16.1. The molecule has 1 fully saturated rings. The van der Waals surface area contributed by atoms with Crippen LogP contribution in [0, 0.1) is 0 Å². The number of carbonyl (C=O) groups is 1. The van der Waals surface area contributed by atoms with Crippen molar-refractivity contribution in [1.82, 2.24) is 4.90 Å². The Morgan fingerprint density at radius 3 is 2.70 bits per heavy atom. The zero-order valence-electron chi connectivity index (χ0n) is 12.5. The van der Waals surface area contributed by atoms with Crippen molar-refractivity contribution in [3.05, 3.63) is 23.8 Å². The van der Waals surface area contributed by atoms with Crippen molar-refractivity contribution in [3.8, 4) is 0 Å². The molecule has 0 aromatic heterocycles. The normalized spacial score (nSPS) is 17.1. The molecule has 1 saturated heterocycles. The number of anilines is 2. The summed E-state index contributed by atoms with van der Waals surface area (Å²) in [7, 11) is 0. The van der Waals surface area contributed by atoms with Crippen LogP contribution in [-0.2, 0) is 0 Å². The van der Waals surface area contributed by atoms with Crippen LogP contribution in [-0.4, -0.2) is 36.4 Å². The number of benzene rings is 1. The van der Waals surface area contributed by atoms with Crippen molar-refractivity contribution in [3.63, 3.8) is 0 Å². The number of nitrogen functional groups attached to an aromatic ring is 1. The Morgan fingerprint density at radius 1 is 1.40 bits per heavy atom. The second-order valence-electron chi connectivity index (χ2n) is 5.62. The number of Topliss-reactive ketones (excluding diaryl/α,β-unsaturated/α-hetero) is 1. The molecule has 1 aliphatic heterocycles. The minimum atomic E-state index is 0.0175. The number of piperidine rings is 1. The van der Waals surface area contributed by atoms with Gasteiger partial charge in [-0.1, -0.05) is 6.92 Å². The molecule has 0 unspecified atom stereocenters. The van der Waals surface area contributed by atoms with Gasteiger partial charge in [0.2, 0.25) is 0 Å². The van der Waals surface area contributed by atoms with Crippen molar-refractivity contribution >= 4 is 17.2 Å². The maximum absolute atomic E-state index is 11.5. The van der Waals surface area contributed by atoms with E-state index >= 15 is 0 Å². The van der Waals surface area contributed by atoms with Crippen molar-refractivity contribution in [2.45, 2.75) is 39.2 Å². The summed E-state index contributed by atoms with van der Waals surface area (Å²) < 4.78 is 0. The van der Waals surface area contributed by atoms with Crippen LogP contribution in [0.15, 0.2) is 18.2 Å². The number of carbonyl (C=O) groups excluding carboxylic acids is 1. The highest BCUT2D eigenvalue weighted by Gasteiger charge is 2.18. The molecule has 0 atom stereocenters. The summed E-state index contributed by atoms with van der Waals surface area (Å²) in [6, 6.07) is 6.13. The maximum Gasteiger partial charge on any atom is 0.161 e. The van der Waals surface area contributed by atoms with Crippen LogP contribution < -0.4 is 11.1 Å². The lowest BCUT2D eigenvalue weighted by Crippen LogP contribution is -2.39. The molecule has 1 heterocycles. The van der Waals surface area contributed by atoms with E-state index in [0.29, 0.717) is 17.3 Å². The first-order valence-corrected chi connectivity index (χ1v) is 7.49. The van der Waals surface area contributed by atoms with E-state index in [-0.39, 0.29) is 5.78 Å². The van der Waals surface area contributed by atoms with Crippen molar-refractivity contribution in [1.29, 1.82) is 0 Å². The maximum atomic E-state index is 11.5. The molecule has 0 amide bonds. The predicted molar refractivity (Wildman–Crippen MR) is 84.2 cm³/mol. The van der Waals surface area contributed by atoms with Gasteiger partial charge in [0.1, 0.15) is 0 Å². The molecule has 1 aliphatic rings. The van der Waals surface area contributed by atoms with Gasteiger partial charge in [-0.05, 0) is 50.9 Å². The highest BCUT2D eigenvalue weighted by molar-refractivity contribution is 6.00. The largest absolute Gasteiger partial charge is 0.398 e. The predicted octanol–water partition coefficient (Wildman–Crippen LogP) is 2.76. The molecule has 1 aromatic carbocycles. The summed E-state index contributed by atoms with van der Waals surface area (Å²) in [4.78, 5) is 14.0. The number of nitrogens with zero attached hydrogens (tertiary/aromatic N) is 1. The van der Waals surface area contributed by atoms with Gasteiger partial charge in [0, 0.05) is 36.1 Å². The van der Waals surface area contributed by atoms with Crippen LogP contribution in [0.2, 0.25) is 0 Å². The molecule has 1 aromatic rings. The molecule has 0 spiro atoms. The van der Waals surface area contributed by atoms with E-state index in [2.05, 4.69) is 17.1 Å². The standard InChI is InChI=1S/C16H25N3O/c1-3-8-19-9-6-13(7-10-19)18-14-4-5-16(17)15(11-14)12(2)20/h4-5,11,13,18H,3,6-10,17H2,1-2H3. The van der Waals surface area contributed by atoms with E-state index in [1.54, 1.807) is 6.92 Å². The Kier molecular flexibility index (Phi) is 5.01. The third-order valence-corrected chi connectivity index (χ3v) is 3.93. The number of ketones is 1. The average Bonchev–Trinajstić information content (AvgIpc) is 2.43. The van der Waals surface area contributed by atoms with Gasteiger partial charge < -0.3 is 16.0 Å². The fourth-order valence-electron chi connectivity index (χ4n) is 2.80. The highest BCUT2D eigenvalue weighted by Crippen LogP contribution is 2.21. The second-order valence-corrected chi connectivity index (χ2v) is 5.62. The topological polar surface area (TPSA) is 58.4 Å². The summed E-state index contributed by atoms with van der Waals surface area (Å²) in [6.45, 7) is 7.28. The minimum Gasteiger partial charge on any atom is -0.398 e. The van der Waals surface area contributed by atoms with E-state index in [1.807, 2.05) is 18.2 Å². The number of rotatable bonds is 5. The number of nitrogens with one attached hydrogen (secondary N) is 1. The van der Waals surface area contributed by atoms with Gasteiger partial charge in [-0.2, -0.15) is 0 Å². The smallest absolute Gasteiger partial charge is 0.161 e. The van der Waals surface area contributed by atoms with Crippen molar-refractivity contribution in [2.75, 3.05) is 30.7 Å². The lowest BCUT2D eigenvalue weighted by Gasteiger charge is -2.32. The van der Waals surface area contributed by atoms with Crippen LogP contribution in [0.3, 0.4) is 0 Å². The monoisotopic (exact) mass is 275 g/mol. The van der Waals surface area contributed by atoms with Crippen LogP contribution in [0.5, 0.6) is 0 Å². The van der Waals surface area contributed by atoms with Crippen LogP contribution >= 0.6 is 0 Å². The third kappa shape index (κ3) is 3.73. The minimum absolute atomic E-state index is 0.0175. The van der Waals surface area contributed by atoms with Gasteiger partial charge in [-0.25, -0.2) is 0 Å². The van der Waals surface area contributed by atoms with E-state index < -0.39 is 0 Å². The van der Waals surface area contributed by atoms with Gasteiger partial charge in [0.15, 0.2) is 5.78 Å². The van der Waals surface area contributed by atoms with Crippen LogP contribution in [0.1, 0.15) is 43.5 Å². The average molecular weight is 275 g/mol. The molecule has 3 N–H and O–H groups in total. The Morgan fingerprint density at radius 2 is 2.10 bits per heavy atom. The van der Waals surface area contributed by atoms with Gasteiger partial charge >= 0.3 is 0 Å². The quantitative estimate of drug-likeness (QED) is 0.641. The molecule has 20 heavy (non-hydrogen) atoms. The van der Waals surface area contributed by atoms with Crippen molar-refractivity contribution < 1.29 is 4.79 Å². The number of likely N-dealkylation sites (tertiary alicyclic amines) is 1. The summed E-state index contributed by atoms with van der Waals surface area (Å²) in [5, 5.41) is 3.53. The van der Waals surface area contributed by atoms with Crippen LogP contribution in [0.25, 0.3) is 0 Å². The Labute approximate surface area is 121 Å². The van der Waals surface area contributed by atoms with E-state index in [0.717, 1.165) is 31.6 Å². The summed E-state index contributed by atoms with van der Waals surface area (Å²) in [5.74, 6) is 0.0175. The molecule has 4 heteroatoms. The first kappa shape index (κ1) is 14.9. The lowest BCUT2D eigenvalue weighted by molar-refractivity contribution is 0.101. The van der Waals surface area contributed by atoms with Crippen LogP contribution in [0.4, 0.5) is 11.4 Å². The van der Waals surface area contributed by atoms with Gasteiger partial charge in [0.25, 0.3) is 0 Å². The Bertz CT molecular complexity index is 465. The fourth-order valence-corrected chi connectivity index (χ4v) is 2.80. The fraction of sp³-hybridized carbons (Fsp3) is 0.562. The number of hydrogen-bond acceptors (Lipinski definition) is 4. The molecular formula is C16H25N3O. The zero-order valence-corrected chi connectivity index (χ0v) is 12.5. The first-order chi connectivity index (χ1) is 9.60. The molecule has 2 rings (SSSR count). The number of hydrogen-bond donors (Lipinski definition) is 2. The SMILES string of the molecule is CCCN1CCC(Nc2ccc(N)c(C(C)=O)c2)CC1. The Balaban J connectivity index is 1.94.